The van der Waals surface area contributed by atoms with Gasteiger partial charge in [0.05, 0.1) is 5.69 Å². The van der Waals surface area contributed by atoms with Gasteiger partial charge in [-0.2, -0.15) is 5.10 Å². The lowest BCUT2D eigenvalue weighted by atomic mass is 10.3. The topological polar surface area (TPSA) is 33.6 Å². The molecule has 0 radical (unpaired) electrons. The van der Waals surface area contributed by atoms with Gasteiger partial charge in [-0.25, -0.2) is 8.78 Å². The minimum Gasteiger partial charge on any atom is -0.272 e. The van der Waals surface area contributed by atoms with Crippen LogP contribution in [0.4, 0.5) is 8.78 Å². The summed E-state index contributed by atoms with van der Waals surface area (Å²) in [7, 11) is 0. The van der Waals surface area contributed by atoms with Crippen molar-refractivity contribution in [2.24, 2.45) is 0 Å². The molecule has 2 rings (SSSR count). The monoisotopic (exact) mass is 227 g/mol. The third-order valence-corrected chi connectivity index (χ3v) is 2.28. The SMILES string of the molecule is Cc1n[nH]c(=S)n1-c1ccc(F)c(F)c1. The Morgan fingerprint density at radius 1 is 1.33 bits per heavy atom. The van der Waals surface area contributed by atoms with E-state index in [4.69, 9.17) is 12.2 Å². The van der Waals surface area contributed by atoms with E-state index in [0.29, 0.717) is 16.3 Å². The van der Waals surface area contributed by atoms with Crippen molar-refractivity contribution in [3.63, 3.8) is 0 Å². The minimum atomic E-state index is -0.907. The molecular weight excluding hydrogens is 220 g/mol. The molecule has 1 heterocycles. The fourth-order valence-corrected chi connectivity index (χ4v) is 1.59. The lowest BCUT2D eigenvalue weighted by molar-refractivity contribution is 0.508. The number of aromatic nitrogens is 3. The number of benzene rings is 1. The second kappa shape index (κ2) is 3.54. The van der Waals surface area contributed by atoms with Gasteiger partial charge in [0.25, 0.3) is 0 Å². The maximum Gasteiger partial charge on any atom is 0.199 e. The quantitative estimate of drug-likeness (QED) is 0.759. The van der Waals surface area contributed by atoms with Gasteiger partial charge in [-0.1, -0.05) is 0 Å². The first-order chi connectivity index (χ1) is 7.09. The molecule has 15 heavy (non-hydrogen) atoms. The Bertz CT molecular complexity index is 559. The van der Waals surface area contributed by atoms with E-state index in [1.807, 2.05) is 0 Å². The molecule has 78 valence electrons. The second-order valence-electron chi connectivity index (χ2n) is 3.01. The molecule has 0 spiro atoms. The van der Waals surface area contributed by atoms with Crippen LogP contribution in [0.5, 0.6) is 0 Å². The van der Waals surface area contributed by atoms with Crippen LogP contribution in [-0.4, -0.2) is 14.8 Å². The van der Waals surface area contributed by atoms with E-state index in [-0.39, 0.29) is 0 Å². The minimum absolute atomic E-state index is 0.346. The Morgan fingerprint density at radius 2 is 2.07 bits per heavy atom. The van der Waals surface area contributed by atoms with Gasteiger partial charge in [-0.3, -0.25) is 9.67 Å². The van der Waals surface area contributed by atoms with E-state index in [0.717, 1.165) is 12.1 Å². The molecule has 1 N–H and O–H groups in total. The number of hydrogen-bond acceptors (Lipinski definition) is 2. The van der Waals surface area contributed by atoms with Crippen LogP contribution < -0.4 is 0 Å². The summed E-state index contributed by atoms with van der Waals surface area (Å²) in [6, 6.07) is 3.57. The molecule has 0 aliphatic carbocycles. The molecule has 0 aliphatic rings. The van der Waals surface area contributed by atoms with Crippen molar-refractivity contribution in [2.45, 2.75) is 6.92 Å². The standard InChI is InChI=1S/C9H7F2N3S/c1-5-12-13-9(15)14(5)6-2-3-7(10)8(11)4-6/h2-4H,1H3,(H,13,15). The molecule has 0 atom stereocenters. The fraction of sp³-hybridized carbons (Fsp3) is 0.111. The Labute approximate surface area is 89.4 Å². The third-order valence-electron chi connectivity index (χ3n) is 2.00. The van der Waals surface area contributed by atoms with Crippen molar-refractivity contribution in [1.29, 1.82) is 0 Å². The van der Waals surface area contributed by atoms with Gasteiger partial charge in [0.15, 0.2) is 16.4 Å². The van der Waals surface area contributed by atoms with Crippen molar-refractivity contribution in [1.82, 2.24) is 14.8 Å². The highest BCUT2D eigenvalue weighted by molar-refractivity contribution is 7.71. The largest absolute Gasteiger partial charge is 0.272 e. The van der Waals surface area contributed by atoms with Gasteiger partial charge >= 0.3 is 0 Å². The summed E-state index contributed by atoms with van der Waals surface area (Å²) < 4.78 is 27.6. The number of nitrogens with one attached hydrogen (secondary N) is 1. The smallest absolute Gasteiger partial charge is 0.199 e. The van der Waals surface area contributed by atoms with E-state index in [9.17, 15) is 8.78 Å². The predicted molar refractivity (Wildman–Crippen MR) is 53.4 cm³/mol. The van der Waals surface area contributed by atoms with Crippen molar-refractivity contribution >= 4 is 12.2 Å². The fourth-order valence-electron chi connectivity index (χ4n) is 1.30. The van der Waals surface area contributed by atoms with E-state index >= 15 is 0 Å². The number of rotatable bonds is 1. The van der Waals surface area contributed by atoms with Gasteiger partial charge in [0.2, 0.25) is 0 Å². The summed E-state index contributed by atoms with van der Waals surface area (Å²) in [4.78, 5) is 0. The van der Waals surface area contributed by atoms with Gasteiger partial charge < -0.3 is 0 Å². The summed E-state index contributed by atoms with van der Waals surface area (Å²) in [6.45, 7) is 1.72. The number of halogens is 2. The van der Waals surface area contributed by atoms with Crippen molar-refractivity contribution in [3.05, 3.63) is 40.4 Å². The highest BCUT2D eigenvalue weighted by atomic mass is 32.1. The van der Waals surface area contributed by atoms with Crippen LogP contribution in [-0.2, 0) is 0 Å². The first kappa shape index (κ1) is 9.97. The molecule has 1 aromatic heterocycles. The molecule has 0 amide bonds. The van der Waals surface area contributed by atoms with Crippen LogP contribution in [0.3, 0.4) is 0 Å². The molecule has 6 heteroatoms. The molecule has 0 bridgehead atoms. The maximum absolute atomic E-state index is 13.0. The lowest BCUT2D eigenvalue weighted by Crippen LogP contribution is -1.98. The first-order valence-corrected chi connectivity index (χ1v) is 4.60. The summed E-state index contributed by atoms with van der Waals surface area (Å²) >= 11 is 4.96. The summed E-state index contributed by atoms with van der Waals surface area (Å²) in [5.41, 5.74) is 0.449. The van der Waals surface area contributed by atoms with Crippen molar-refractivity contribution in [3.8, 4) is 5.69 Å². The second-order valence-corrected chi connectivity index (χ2v) is 3.40. The van der Waals surface area contributed by atoms with Crippen LogP contribution in [0.2, 0.25) is 0 Å². The average Bonchev–Trinajstić information content (AvgIpc) is 2.52. The summed E-state index contributed by atoms with van der Waals surface area (Å²) in [5.74, 6) is -1.20. The molecule has 0 saturated heterocycles. The molecule has 0 aliphatic heterocycles. The zero-order valence-electron chi connectivity index (χ0n) is 7.79. The first-order valence-electron chi connectivity index (χ1n) is 4.19. The lowest BCUT2D eigenvalue weighted by Gasteiger charge is -2.03. The van der Waals surface area contributed by atoms with Gasteiger partial charge in [-0.05, 0) is 31.3 Å². The number of H-pyrrole nitrogens is 1. The van der Waals surface area contributed by atoms with Gasteiger partial charge in [0.1, 0.15) is 5.82 Å². The highest BCUT2D eigenvalue weighted by Crippen LogP contribution is 2.14. The molecule has 0 unspecified atom stereocenters. The maximum atomic E-state index is 13.0. The van der Waals surface area contributed by atoms with Gasteiger partial charge in [0, 0.05) is 6.07 Å². The number of nitrogens with zero attached hydrogens (tertiary/aromatic N) is 2. The zero-order chi connectivity index (χ0) is 11.0. The van der Waals surface area contributed by atoms with Crippen molar-refractivity contribution < 1.29 is 8.78 Å². The van der Waals surface area contributed by atoms with E-state index < -0.39 is 11.6 Å². The van der Waals surface area contributed by atoms with E-state index in [1.54, 1.807) is 6.92 Å². The molecular formula is C9H7F2N3S. The van der Waals surface area contributed by atoms with E-state index in [2.05, 4.69) is 10.2 Å². The third kappa shape index (κ3) is 1.68. The van der Waals surface area contributed by atoms with Crippen LogP contribution >= 0.6 is 12.2 Å². The van der Waals surface area contributed by atoms with E-state index in [1.165, 1.54) is 10.6 Å². The summed E-state index contributed by atoms with van der Waals surface area (Å²) in [5, 5.41) is 6.44. The number of aromatic amines is 1. The normalized spacial score (nSPS) is 10.6. The average molecular weight is 227 g/mol. The molecule has 3 nitrogen and oxygen atoms in total. The number of aryl methyl sites for hydroxylation is 1. The van der Waals surface area contributed by atoms with Crippen molar-refractivity contribution in [2.75, 3.05) is 0 Å². The Balaban J connectivity index is 2.65. The van der Waals surface area contributed by atoms with Crippen LogP contribution in [0, 0.1) is 23.3 Å². The zero-order valence-corrected chi connectivity index (χ0v) is 8.61. The molecule has 2 aromatic rings. The summed E-state index contributed by atoms with van der Waals surface area (Å²) in [6.07, 6.45) is 0. The molecule has 0 saturated carbocycles. The predicted octanol–water partition coefficient (Wildman–Crippen LogP) is 2.52. The Morgan fingerprint density at radius 3 is 2.60 bits per heavy atom. The number of hydrogen-bond donors (Lipinski definition) is 1. The van der Waals surface area contributed by atoms with Crippen LogP contribution in [0.1, 0.15) is 5.82 Å². The Hall–Kier alpha value is -1.56. The van der Waals surface area contributed by atoms with Crippen LogP contribution in [0.15, 0.2) is 18.2 Å². The molecule has 0 fully saturated rings. The highest BCUT2D eigenvalue weighted by Gasteiger charge is 2.07. The van der Waals surface area contributed by atoms with Crippen LogP contribution in [0.25, 0.3) is 5.69 Å². The molecule has 1 aromatic carbocycles. The van der Waals surface area contributed by atoms with Gasteiger partial charge in [-0.15, -0.1) is 0 Å². The Kier molecular flexibility index (Phi) is 2.36.